The molecule has 1 aromatic heterocycles. The summed E-state index contributed by atoms with van der Waals surface area (Å²) < 4.78 is 18.4. The molecule has 0 unspecified atom stereocenters. The Kier molecular flexibility index (Phi) is 3.89. The predicted molar refractivity (Wildman–Crippen MR) is 83.2 cm³/mol. The largest absolute Gasteiger partial charge is 0.451 e. The number of hydrogen-bond donors (Lipinski definition) is 1. The van der Waals surface area contributed by atoms with Crippen LogP contribution in [0.25, 0.3) is 11.3 Å². The minimum Gasteiger partial charge on any atom is -0.451 e. The summed E-state index contributed by atoms with van der Waals surface area (Å²) in [7, 11) is 0. The van der Waals surface area contributed by atoms with Gasteiger partial charge in [-0.05, 0) is 54.6 Å². The smallest absolute Gasteiger partial charge is 0.291 e. The third-order valence-electron chi connectivity index (χ3n) is 3.21. The van der Waals surface area contributed by atoms with Crippen LogP contribution < -0.4 is 5.32 Å². The first-order valence-electron chi connectivity index (χ1n) is 6.83. The van der Waals surface area contributed by atoms with Gasteiger partial charge in [-0.1, -0.05) is 6.07 Å². The van der Waals surface area contributed by atoms with Gasteiger partial charge in [0, 0.05) is 11.3 Å². The number of halogens is 1. The number of nitriles is 1. The molecule has 0 aliphatic heterocycles. The van der Waals surface area contributed by atoms with Crippen LogP contribution in [0.3, 0.4) is 0 Å². The van der Waals surface area contributed by atoms with Gasteiger partial charge in [-0.15, -0.1) is 0 Å². The van der Waals surface area contributed by atoms with Gasteiger partial charge >= 0.3 is 0 Å². The summed E-state index contributed by atoms with van der Waals surface area (Å²) in [6.07, 6.45) is 0. The Morgan fingerprint density at radius 2 is 1.87 bits per heavy atom. The number of carbonyl (C=O) groups is 1. The predicted octanol–water partition coefficient (Wildman–Crippen LogP) is 4.21. The maximum Gasteiger partial charge on any atom is 0.291 e. The van der Waals surface area contributed by atoms with Gasteiger partial charge in [-0.2, -0.15) is 5.26 Å². The molecule has 0 atom stereocenters. The molecule has 3 rings (SSSR count). The van der Waals surface area contributed by atoms with Gasteiger partial charge in [0.05, 0.1) is 11.6 Å². The lowest BCUT2D eigenvalue weighted by Gasteiger charge is -2.03. The van der Waals surface area contributed by atoms with E-state index < -0.39 is 5.91 Å². The van der Waals surface area contributed by atoms with Crippen LogP contribution in [0.15, 0.2) is 65.1 Å². The van der Waals surface area contributed by atoms with E-state index in [1.54, 1.807) is 48.5 Å². The highest BCUT2D eigenvalue weighted by atomic mass is 19.1. The minimum absolute atomic E-state index is 0.131. The number of rotatable bonds is 3. The van der Waals surface area contributed by atoms with Crippen molar-refractivity contribution in [3.63, 3.8) is 0 Å². The average molecular weight is 306 g/mol. The zero-order valence-corrected chi connectivity index (χ0v) is 11.9. The van der Waals surface area contributed by atoms with E-state index in [1.807, 2.05) is 6.07 Å². The van der Waals surface area contributed by atoms with Gasteiger partial charge in [-0.25, -0.2) is 4.39 Å². The molecule has 0 fully saturated rings. The molecular formula is C18H11FN2O2. The summed E-state index contributed by atoms with van der Waals surface area (Å²) in [6.45, 7) is 0. The van der Waals surface area contributed by atoms with Crippen molar-refractivity contribution in [3.8, 4) is 17.4 Å². The van der Waals surface area contributed by atoms with E-state index in [2.05, 4.69) is 5.32 Å². The molecule has 0 aliphatic carbocycles. The fourth-order valence-corrected chi connectivity index (χ4v) is 2.09. The van der Waals surface area contributed by atoms with Crippen molar-refractivity contribution < 1.29 is 13.6 Å². The van der Waals surface area contributed by atoms with Crippen LogP contribution in [0.2, 0.25) is 0 Å². The van der Waals surface area contributed by atoms with Crippen LogP contribution in [-0.4, -0.2) is 5.91 Å². The molecular weight excluding hydrogens is 295 g/mol. The molecule has 4 nitrogen and oxygen atoms in total. The Hall–Kier alpha value is -3.39. The summed E-state index contributed by atoms with van der Waals surface area (Å²) in [5, 5.41) is 11.5. The third-order valence-corrected chi connectivity index (χ3v) is 3.21. The molecule has 0 saturated heterocycles. The molecule has 0 spiro atoms. The van der Waals surface area contributed by atoms with Crippen LogP contribution in [0, 0.1) is 17.1 Å². The Balaban J connectivity index is 1.78. The van der Waals surface area contributed by atoms with Crippen molar-refractivity contribution in [3.05, 3.63) is 77.8 Å². The number of nitrogens with zero attached hydrogens (tertiary/aromatic N) is 1. The highest BCUT2D eigenvalue weighted by molar-refractivity contribution is 6.02. The lowest BCUT2D eigenvalue weighted by Crippen LogP contribution is -2.10. The molecule has 0 aliphatic rings. The standard InChI is InChI=1S/C18H11FN2O2/c19-14-6-4-13(5-7-14)16-8-9-17(23-16)18(22)21-15-3-1-2-12(10-15)11-20/h1-10H,(H,21,22). The van der Waals surface area contributed by atoms with Gasteiger partial charge in [-0.3, -0.25) is 4.79 Å². The van der Waals surface area contributed by atoms with E-state index in [-0.39, 0.29) is 11.6 Å². The van der Waals surface area contributed by atoms with Crippen LogP contribution in [-0.2, 0) is 0 Å². The first-order chi connectivity index (χ1) is 11.2. The van der Waals surface area contributed by atoms with Gasteiger partial charge in [0.2, 0.25) is 0 Å². The number of furan rings is 1. The van der Waals surface area contributed by atoms with Crippen molar-refractivity contribution in [2.45, 2.75) is 0 Å². The molecule has 0 bridgehead atoms. The fourth-order valence-electron chi connectivity index (χ4n) is 2.09. The van der Waals surface area contributed by atoms with E-state index in [4.69, 9.17) is 9.68 Å². The number of anilines is 1. The summed E-state index contributed by atoms with van der Waals surface area (Å²) in [5.41, 5.74) is 1.64. The van der Waals surface area contributed by atoms with E-state index in [0.29, 0.717) is 22.6 Å². The quantitative estimate of drug-likeness (QED) is 0.788. The Labute approximate surface area is 131 Å². The van der Waals surface area contributed by atoms with Crippen molar-refractivity contribution in [1.29, 1.82) is 5.26 Å². The summed E-state index contributed by atoms with van der Waals surface area (Å²) in [6, 6.07) is 17.6. The number of hydrogen-bond acceptors (Lipinski definition) is 3. The Morgan fingerprint density at radius 3 is 2.61 bits per heavy atom. The van der Waals surface area contributed by atoms with Crippen LogP contribution >= 0.6 is 0 Å². The van der Waals surface area contributed by atoms with Crippen molar-refractivity contribution in [1.82, 2.24) is 0 Å². The maximum absolute atomic E-state index is 12.9. The lowest BCUT2D eigenvalue weighted by molar-refractivity contribution is 0.0997. The van der Waals surface area contributed by atoms with Crippen molar-refractivity contribution in [2.24, 2.45) is 0 Å². The highest BCUT2D eigenvalue weighted by Gasteiger charge is 2.12. The summed E-state index contributed by atoms with van der Waals surface area (Å²) in [5.74, 6) is -0.156. The maximum atomic E-state index is 12.9. The molecule has 0 saturated carbocycles. The topological polar surface area (TPSA) is 66.0 Å². The summed E-state index contributed by atoms with van der Waals surface area (Å²) in [4.78, 5) is 12.2. The van der Waals surface area contributed by atoms with E-state index in [9.17, 15) is 9.18 Å². The molecule has 1 heterocycles. The van der Waals surface area contributed by atoms with Crippen molar-refractivity contribution in [2.75, 3.05) is 5.32 Å². The molecule has 0 radical (unpaired) electrons. The Bertz CT molecular complexity index is 892. The van der Waals surface area contributed by atoms with Crippen LogP contribution in [0.4, 0.5) is 10.1 Å². The molecule has 1 amide bonds. The molecule has 1 N–H and O–H groups in total. The highest BCUT2D eigenvalue weighted by Crippen LogP contribution is 2.23. The zero-order chi connectivity index (χ0) is 16.2. The molecule has 5 heteroatoms. The SMILES string of the molecule is N#Cc1cccc(NC(=O)c2ccc(-c3ccc(F)cc3)o2)c1. The van der Waals surface area contributed by atoms with Gasteiger partial charge in [0.25, 0.3) is 5.91 Å². The number of amides is 1. The third kappa shape index (κ3) is 3.27. The Morgan fingerprint density at radius 1 is 1.09 bits per heavy atom. The van der Waals surface area contributed by atoms with E-state index in [1.165, 1.54) is 12.1 Å². The van der Waals surface area contributed by atoms with Crippen LogP contribution in [0.5, 0.6) is 0 Å². The van der Waals surface area contributed by atoms with Crippen LogP contribution in [0.1, 0.15) is 16.1 Å². The van der Waals surface area contributed by atoms with E-state index in [0.717, 1.165) is 0 Å². The number of benzene rings is 2. The molecule has 3 aromatic rings. The first kappa shape index (κ1) is 14.5. The fraction of sp³-hybridized carbons (Fsp3) is 0. The van der Waals surface area contributed by atoms with Gasteiger partial charge < -0.3 is 9.73 Å². The zero-order valence-electron chi connectivity index (χ0n) is 11.9. The molecule has 112 valence electrons. The number of nitrogens with one attached hydrogen (secondary N) is 1. The number of carbonyl (C=O) groups excluding carboxylic acids is 1. The normalized spacial score (nSPS) is 10.1. The second-order valence-electron chi connectivity index (χ2n) is 4.82. The van der Waals surface area contributed by atoms with E-state index >= 15 is 0 Å². The van der Waals surface area contributed by atoms with Gasteiger partial charge in [0.1, 0.15) is 11.6 Å². The molecule has 23 heavy (non-hydrogen) atoms. The first-order valence-corrected chi connectivity index (χ1v) is 6.83. The second kappa shape index (κ2) is 6.16. The second-order valence-corrected chi connectivity index (χ2v) is 4.82. The average Bonchev–Trinajstić information content (AvgIpc) is 3.06. The lowest BCUT2D eigenvalue weighted by atomic mass is 10.2. The summed E-state index contributed by atoms with van der Waals surface area (Å²) >= 11 is 0. The molecule has 2 aromatic carbocycles. The van der Waals surface area contributed by atoms with Crippen molar-refractivity contribution >= 4 is 11.6 Å². The minimum atomic E-state index is -0.423. The monoisotopic (exact) mass is 306 g/mol. The van der Waals surface area contributed by atoms with Gasteiger partial charge in [0.15, 0.2) is 5.76 Å².